The molecule has 4 heteroatoms. The predicted molar refractivity (Wildman–Crippen MR) is 95.3 cm³/mol. The number of carbonyl (C=O) groups is 1. The molecule has 0 spiro atoms. The minimum absolute atomic E-state index is 0.196. The van der Waals surface area contributed by atoms with E-state index in [1.54, 1.807) is 18.2 Å². The summed E-state index contributed by atoms with van der Waals surface area (Å²) < 4.78 is 5.93. The van der Waals surface area contributed by atoms with Crippen LogP contribution in [0.2, 0.25) is 0 Å². The van der Waals surface area contributed by atoms with Gasteiger partial charge in [-0.05, 0) is 45.0 Å². The third kappa shape index (κ3) is 3.52. The predicted octanol–water partition coefficient (Wildman–Crippen LogP) is 5.57. The van der Waals surface area contributed by atoms with Gasteiger partial charge in [0.2, 0.25) is 5.78 Å². The van der Waals surface area contributed by atoms with E-state index in [4.69, 9.17) is 4.42 Å². The molecule has 0 aliphatic carbocycles. The highest BCUT2D eigenvalue weighted by Gasteiger charge is 2.29. The van der Waals surface area contributed by atoms with E-state index in [1.807, 2.05) is 41.5 Å². The molecule has 0 saturated heterocycles. The molecule has 23 heavy (non-hydrogen) atoms. The van der Waals surface area contributed by atoms with Crippen molar-refractivity contribution in [3.63, 3.8) is 0 Å². The first kappa shape index (κ1) is 17.8. The van der Waals surface area contributed by atoms with Crippen molar-refractivity contribution in [2.75, 3.05) is 0 Å². The first-order chi connectivity index (χ1) is 10.4. The molecule has 1 aromatic heterocycles. The Morgan fingerprint density at radius 2 is 1.52 bits per heavy atom. The summed E-state index contributed by atoms with van der Waals surface area (Å²) in [5, 5.41) is 10.7. The number of ketones is 1. The van der Waals surface area contributed by atoms with Crippen LogP contribution in [0.3, 0.4) is 0 Å². The molecule has 0 unspecified atom stereocenters. The number of furan rings is 1. The highest BCUT2D eigenvalue weighted by atomic mass is 79.9. The molecule has 0 aliphatic rings. The van der Waals surface area contributed by atoms with Gasteiger partial charge < -0.3 is 9.52 Å². The molecule has 1 aromatic carbocycles. The van der Waals surface area contributed by atoms with E-state index in [-0.39, 0.29) is 28.1 Å². The van der Waals surface area contributed by atoms with Crippen LogP contribution in [-0.2, 0) is 10.8 Å². The molecule has 0 bridgehead atoms. The van der Waals surface area contributed by atoms with Crippen LogP contribution in [0.1, 0.15) is 68.8 Å². The van der Waals surface area contributed by atoms with Crippen molar-refractivity contribution in [2.24, 2.45) is 0 Å². The number of halogens is 1. The first-order valence-corrected chi connectivity index (χ1v) is 8.38. The van der Waals surface area contributed by atoms with E-state index in [0.29, 0.717) is 10.0 Å². The van der Waals surface area contributed by atoms with E-state index in [2.05, 4.69) is 15.9 Å². The molecule has 0 saturated carbocycles. The Labute approximate surface area is 145 Å². The van der Waals surface area contributed by atoms with Crippen molar-refractivity contribution in [1.29, 1.82) is 0 Å². The number of phenolic OH excluding ortho intramolecular Hbond substituents is 1. The van der Waals surface area contributed by atoms with Crippen molar-refractivity contribution in [3.8, 4) is 5.75 Å². The third-order valence-electron chi connectivity index (χ3n) is 3.81. The minimum atomic E-state index is -0.277. The van der Waals surface area contributed by atoms with E-state index in [1.165, 1.54) is 6.26 Å². The fourth-order valence-corrected chi connectivity index (χ4v) is 2.88. The SMILES string of the molecule is CC(C)(C)c1cc(C(=O)c2occc2Br)cc(C(C)(C)C)c1O. The van der Waals surface area contributed by atoms with Crippen molar-refractivity contribution in [3.05, 3.63) is 51.4 Å². The van der Waals surface area contributed by atoms with Crippen molar-refractivity contribution in [1.82, 2.24) is 0 Å². The molecule has 0 fully saturated rings. The fraction of sp³-hybridized carbons (Fsp3) is 0.421. The zero-order chi connectivity index (χ0) is 17.6. The monoisotopic (exact) mass is 378 g/mol. The van der Waals surface area contributed by atoms with Crippen molar-refractivity contribution in [2.45, 2.75) is 52.4 Å². The second-order valence-corrected chi connectivity index (χ2v) is 8.70. The van der Waals surface area contributed by atoms with Gasteiger partial charge in [-0.3, -0.25) is 4.79 Å². The number of rotatable bonds is 2. The Morgan fingerprint density at radius 3 is 1.87 bits per heavy atom. The normalized spacial score (nSPS) is 12.5. The van der Waals surface area contributed by atoms with E-state index >= 15 is 0 Å². The van der Waals surface area contributed by atoms with Crippen molar-refractivity contribution >= 4 is 21.7 Å². The second kappa shape index (κ2) is 5.82. The summed E-state index contributed by atoms with van der Waals surface area (Å²) in [6.07, 6.45) is 1.48. The number of aromatic hydroxyl groups is 1. The Kier molecular flexibility index (Phi) is 4.51. The van der Waals surface area contributed by atoms with Crippen LogP contribution in [0.25, 0.3) is 0 Å². The molecule has 1 heterocycles. The van der Waals surface area contributed by atoms with Gasteiger partial charge in [-0.2, -0.15) is 0 Å². The molecule has 0 radical (unpaired) electrons. The smallest absolute Gasteiger partial charge is 0.229 e. The summed E-state index contributed by atoms with van der Waals surface area (Å²) >= 11 is 3.33. The minimum Gasteiger partial charge on any atom is -0.507 e. The van der Waals surface area contributed by atoms with Gasteiger partial charge in [0.25, 0.3) is 0 Å². The first-order valence-electron chi connectivity index (χ1n) is 7.58. The highest BCUT2D eigenvalue weighted by Crippen LogP contribution is 2.40. The lowest BCUT2D eigenvalue weighted by Gasteiger charge is -2.28. The Hall–Kier alpha value is -1.55. The van der Waals surface area contributed by atoms with Crippen LogP contribution >= 0.6 is 15.9 Å². The van der Waals surface area contributed by atoms with Crippen LogP contribution in [0.5, 0.6) is 5.75 Å². The fourth-order valence-electron chi connectivity index (χ4n) is 2.50. The van der Waals surface area contributed by atoms with Gasteiger partial charge in [-0.15, -0.1) is 0 Å². The van der Waals surface area contributed by atoms with Crippen LogP contribution in [0, 0.1) is 0 Å². The Balaban J connectivity index is 2.70. The third-order valence-corrected chi connectivity index (χ3v) is 4.44. The summed E-state index contributed by atoms with van der Waals surface area (Å²) in [4.78, 5) is 12.8. The van der Waals surface area contributed by atoms with Crippen molar-refractivity contribution < 1.29 is 14.3 Å². The van der Waals surface area contributed by atoms with Crippen LogP contribution in [0.4, 0.5) is 0 Å². The summed E-state index contributed by atoms with van der Waals surface area (Å²) in [6.45, 7) is 12.1. The quantitative estimate of drug-likeness (QED) is 0.694. The molecule has 0 atom stereocenters. The molecule has 0 aliphatic heterocycles. The summed E-state index contributed by atoms with van der Waals surface area (Å²) in [7, 11) is 0. The Morgan fingerprint density at radius 1 is 1.04 bits per heavy atom. The summed E-state index contributed by atoms with van der Waals surface area (Å²) in [5.74, 6) is 0.341. The van der Waals surface area contributed by atoms with Gasteiger partial charge in [-0.1, -0.05) is 41.5 Å². The summed E-state index contributed by atoms with van der Waals surface area (Å²) in [6, 6.07) is 5.23. The molecule has 2 rings (SSSR count). The zero-order valence-electron chi connectivity index (χ0n) is 14.5. The highest BCUT2D eigenvalue weighted by molar-refractivity contribution is 9.10. The average molecular weight is 379 g/mol. The Bertz CT molecular complexity index is 708. The zero-order valence-corrected chi connectivity index (χ0v) is 16.0. The van der Waals surface area contributed by atoms with Gasteiger partial charge in [0, 0.05) is 16.7 Å². The molecular weight excluding hydrogens is 356 g/mol. The molecule has 124 valence electrons. The number of carbonyl (C=O) groups excluding carboxylic acids is 1. The van der Waals surface area contributed by atoms with Crippen LogP contribution in [-0.4, -0.2) is 10.9 Å². The lowest BCUT2D eigenvalue weighted by atomic mass is 9.78. The number of phenols is 1. The molecule has 0 amide bonds. The maximum atomic E-state index is 12.8. The van der Waals surface area contributed by atoms with Gasteiger partial charge in [-0.25, -0.2) is 0 Å². The van der Waals surface area contributed by atoms with Gasteiger partial charge in [0.15, 0.2) is 5.76 Å². The lowest BCUT2D eigenvalue weighted by Crippen LogP contribution is -2.19. The number of hydrogen-bond donors (Lipinski definition) is 1. The van der Waals surface area contributed by atoms with E-state index in [0.717, 1.165) is 11.1 Å². The van der Waals surface area contributed by atoms with Gasteiger partial charge in [0.1, 0.15) is 5.75 Å². The maximum absolute atomic E-state index is 12.8. The van der Waals surface area contributed by atoms with Gasteiger partial charge in [0.05, 0.1) is 10.7 Å². The molecule has 3 nitrogen and oxygen atoms in total. The number of hydrogen-bond acceptors (Lipinski definition) is 3. The number of benzene rings is 1. The van der Waals surface area contributed by atoms with Crippen LogP contribution < -0.4 is 0 Å². The summed E-state index contributed by atoms with van der Waals surface area (Å²) in [5.41, 5.74) is 1.49. The van der Waals surface area contributed by atoms with Gasteiger partial charge >= 0.3 is 0 Å². The molecule has 2 aromatic rings. The van der Waals surface area contributed by atoms with E-state index in [9.17, 15) is 9.90 Å². The topological polar surface area (TPSA) is 50.4 Å². The van der Waals surface area contributed by atoms with E-state index < -0.39 is 0 Å². The second-order valence-electron chi connectivity index (χ2n) is 7.85. The standard InChI is InChI=1S/C19H23BrO3/c1-18(2,3)12-9-11(10-13(16(12)22)19(4,5)6)15(21)17-14(20)7-8-23-17/h7-10,22H,1-6H3. The maximum Gasteiger partial charge on any atom is 0.229 e. The van der Waals surface area contributed by atoms with Crippen LogP contribution in [0.15, 0.2) is 33.4 Å². The average Bonchev–Trinajstić information content (AvgIpc) is 2.81. The largest absolute Gasteiger partial charge is 0.507 e. The lowest BCUT2D eigenvalue weighted by molar-refractivity contribution is 0.101. The molecular formula is C19H23BrO3. The molecule has 1 N–H and O–H groups in total.